The van der Waals surface area contributed by atoms with Gasteiger partial charge in [-0.2, -0.15) is 5.10 Å². The Labute approximate surface area is 120 Å². The highest BCUT2D eigenvalue weighted by atomic mass is 79.9. The third kappa shape index (κ3) is 3.42. The normalized spacial score (nSPS) is 12.6. The second-order valence-electron chi connectivity index (χ2n) is 4.54. The summed E-state index contributed by atoms with van der Waals surface area (Å²) in [6, 6.07) is 6.29. The zero-order valence-electron chi connectivity index (χ0n) is 10.8. The molecule has 102 valence electrons. The van der Waals surface area contributed by atoms with Gasteiger partial charge in [-0.3, -0.25) is 4.68 Å². The molecule has 0 spiro atoms. The topological polar surface area (TPSA) is 43.8 Å². The average molecular weight is 326 g/mol. The van der Waals surface area contributed by atoms with Gasteiger partial charge in [0.15, 0.2) is 0 Å². The Morgan fingerprint density at radius 1 is 1.37 bits per heavy atom. The molecular formula is C14H17BrFN3. The number of hydrogen-bond donors (Lipinski definition) is 1. The van der Waals surface area contributed by atoms with Crippen LogP contribution in [0.2, 0.25) is 0 Å². The van der Waals surface area contributed by atoms with Gasteiger partial charge in [-0.25, -0.2) is 4.39 Å². The predicted molar refractivity (Wildman–Crippen MR) is 77.3 cm³/mol. The van der Waals surface area contributed by atoms with Crippen LogP contribution < -0.4 is 5.73 Å². The van der Waals surface area contributed by atoms with Crippen molar-refractivity contribution in [2.24, 2.45) is 5.73 Å². The lowest BCUT2D eigenvalue weighted by atomic mass is 10.0. The summed E-state index contributed by atoms with van der Waals surface area (Å²) in [7, 11) is 0. The van der Waals surface area contributed by atoms with E-state index >= 15 is 0 Å². The van der Waals surface area contributed by atoms with Crippen LogP contribution in [-0.4, -0.2) is 9.78 Å². The van der Waals surface area contributed by atoms with Gasteiger partial charge in [0.1, 0.15) is 5.82 Å². The second-order valence-corrected chi connectivity index (χ2v) is 5.39. The fourth-order valence-corrected chi connectivity index (χ4v) is 2.69. The number of halogens is 2. The molecule has 0 aliphatic carbocycles. The quantitative estimate of drug-likeness (QED) is 0.915. The minimum atomic E-state index is -0.227. The molecule has 2 rings (SSSR count). The summed E-state index contributed by atoms with van der Waals surface area (Å²) in [6.07, 6.45) is 3.44. The number of aromatic nitrogens is 2. The van der Waals surface area contributed by atoms with E-state index in [9.17, 15) is 4.39 Å². The molecule has 0 radical (unpaired) electrons. The molecule has 0 fully saturated rings. The van der Waals surface area contributed by atoms with Crippen LogP contribution in [0.25, 0.3) is 0 Å². The van der Waals surface area contributed by atoms with E-state index in [2.05, 4.69) is 28.0 Å². The summed E-state index contributed by atoms with van der Waals surface area (Å²) in [5.74, 6) is -0.227. The van der Waals surface area contributed by atoms with E-state index in [0.29, 0.717) is 6.42 Å². The van der Waals surface area contributed by atoms with Gasteiger partial charge < -0.3 is 5.73 Å². The second kappa shape index (κ2) is 6.30. The van der Waals surface area contributed by atoms with Gasteiger partial charge in [0, 0.05) is 6.54 Å². The molecule has 1 unspecified atom stereocenters. The largest absolute Gasteiger partial charge is 0.322 e. The van der Waals surface area contributed by atoms with Crippen LogP contribution in [0.5, 0.6) is 0 Å². The summed E-state index contributed by atoms with van der Waals surface area (Å²) in [6.45, 7) is 2.95. The Balaban J connectivity index is 2.17. The van der Waals surface area contributed by atoms with Crippen molar-refractivity contribution in [3.63, 3.8) is 0 Å². The number of hydrogen-bond acceptors (Lipinski definition) is 2. The highest BCUT2D eigenvalue weighted by Gasteiger charge is 2.16. The van der Waals surface area contributed by atoms with Gasteiger partial charge in [0.05, 0.1) is 22.4 Å². The summed E-state index contributed by atoms with van der Waals surface area (Å²) in [4.78, 5) is 0. The first-order valence-electron chi connectivity index (χ1n) is 6.33. The van der Waals surface area contributed by atoms with Crippen LogP contribution in [0, 0.1) is 5.82 Å². The summed E-state index contributed by atoms with van der Waals surface area (Å²) >= 11 is 3.49. The third-order valence-corrected chi connectivity index (χ3v) is 3.60. The van der Waals surface area contributed by atoms with E-state index in [4.69, 9.17) is 5.73 Å². The molecule has 0 aliphatic heterocycles. The Morgan fingerprint density at radius 3 is 2.68 bits per heavy atom. The zero-order chi connectivity index (χ0) is 13.8. The molecule has 3 nitrogen and oxygen atoms in total. The fraction of sp³-hybridized carbons (Fsp3) is 0.357. The highest BCUT2D eigenvalue weighted by molar-refractivity contribution is 9.10. The van der Waals surface area contributed by atoms with Crippen LogP contribution in [-0.2, 0) is 13.0 Å². The summed E-state index contributed by atoms with van der Waals surface area (Å²) < 4.78 is 15.7. The maximum Gasteiger partial charge on any atom is 0.123 e. The molecule has 0 saturated carbocycles. The first-order valence-corrected chi connectivity index (χ1v) is 7.12. The molecule has 0 aliphatic rings. The monoisotopic (exact) mass is 325 g/mol. The molecule has 0 amide bonds. The lowest BCUT2D eigenvalue weighted by Gasteiger charge is -2.15. The SMILES string of the molecule is CCCn1ncc(Br)c1C(N)Cc1ccc(F)cc1. The van der Waals surface area contributed by atoms with Crippen LogP contribution in [0.15, 0.2) is 34.9 Å². The van der Waals surface area contributed by atoms with Crippen molar-refractivity contribution < 1.29 is 4.39 Å². The lowest BCUT2D eigenvalue weighted by Crippen LogP contribution is -2.19. The molecule has 0 bridgehead atoms. The van der Waals surface area contributed by atoms with Crippen molar-refractivity contribution in [1.29, 1.82) is 0 Å². The standard InChI is InChI=1S/C14H17BrFN3/c1-2-7-19-14(12(15)9-18-19)13(17)8-10-3-5-11(16)6-4-10/h3-6,9,13H,2,7-8,17H2,1H3. The van der Waals surface area contributed by atoms with Crippen LogP contribution in [0.4, 0.5) is 4.39 Å². The number of aryl methyl sites for hydroxylation is 1. The van der Waals surface area contributed by atoms with Crippen molar-refractivity contribution >= 4 is 15.9 Å². The van der Waals surface area contributed by atoms with Crippen molar-refractivity contribution in [2.75, 3.05) is 0 Å². The number of rotatable bonds is 5. The van der Waals surface area contributed by atoms with Gasteiger partial charge in [-0.1, -0.05) is 19.1 Å². The Kier molecular flexibility index (Phi) is 4.71. The third-order valence-electron chi connectivity index (χ3n) is 2.99. The minimum Gasteiger partial charge on any atom is -0.322 e. The molecule has 1 aromatic carbocycles. The molecular weight excluding hydrogens is 309 g/mol. The Hall–Kier alpha value is -1.20. The Morgan fingerprint density at radius 2 is 2.05 bits per heavy atom. The average Bonchev–Trinajstić information content (AvgIpc) is 2.74. The van der Waals surface area contributed by atoms with Crippen molar-refractivity contribution in [3.05, 3.63) is 52.0 Å². The maximum atomic E-state index is 12.9. The predicted octanol–water partition coefficient (Wildman–Crippen LogP) is 3.44. The zero-order valence-corrected chi connectivity index (χ0v) is 12.4. The van der Waals surface area contributed by atoms with E-state index < -0.39 is 0 Å². The number of benzene rings is 1. The van der Waals surface area contributed by atoms with E-state index in [1.807, 2.05) is 4.68 Å². The van der Waals surface area contributed by atoms with E-state index in [-0.39, 0.29) is 11.9 Å². The van der Waals surface area contributed by atoms with Gasteiger partial charge in [-0.15, -0.1) is 0 Å². The van der Waals surface area contributed by atoms with Crippen molar-refractivity contribution in [2.45, 2.75) is 32.4 Å². The van der Waals surface area contributed by atoms with E-state index in [1.165, 1.54) is 12.1 Å². The maximum absolute atomic E-state index is 12.9. The van der Waals surface area contributed by atoms with Crippen LogP contribution >= 0.6 is 15.9 Å². The molecule has 2 aromatic rings. The number of nitrogens with two attached hydrogens (primary N) is 1. The van der Waals surface area contributed by atoms with Gasteiger partial charge in [0.25, 0.3) is 0 Å². The van der Waals surface area contributed by atoms with Gasteiger partial charge >= 0.3 is 0 Å². The van der Waals surface area contributed by atoms with Gasteiger partial charge in [0.2, 0.25) is 0 Å². The smallest absolute Gasteiger partial charge is 0.123 e. The van der Waals surface area contributed by atoms with E-state index in [1.54, 1.807) is 18.3 Å². The first kappa shape index (κ1) is 14.2. The van der Waals surface area contributed by atoms with Gasteiger partial charge in [-0.05, 0) is 46.5 Å². The molecule has 1 heterocycles. The lowest BCUT2D eigenvalue weighted by molar-refractivity contribution is 0.536. The van der Waals surface area contributed by atoms with Crippen molar-refractivity contribution in [3.8, 4) is 0 Å². The highest BCUT2D eigenvalue weighted by Crippen LogP contribution is 2.24. The van der Waals surface area contributed by atoms with Crippen LogP contribution in [0.1, 0.15) is 30.6 Å². The van der Waals surface area contributed by atoms with Crippen molar-refractivity contribution in [1.82, 2.24) is 9.78 Å². The molecule has 5 heteroatoms. The first-order chi connectivity index (χ1) is 9.11. The molecule has 1 aromatic heterocycles. The van der Waals surface area contributed by atoms with Crippen LogP contribution in [0.3, 0.4) is 0 Å². The molecule has 19 heavy (non-hydrogen) atoms. The minimum absolute atomic E-state index is 0.158. The van der Waals surface area contributed by atoms with E-state index in [0.717, 1.165) is 28.7 Å². The summed E-state index contributed by atoms with van der Waals surface area (Å²) in [5, 5.41) is 4.31. The molecule has 0 saturated heterocycles. The Bertz CT molecular complexity index is 536. The number of nitrogens with zero attached hydrogens (tertiary/aromatic N) is 2. The summed E-state index contributed by atoms with van der Waals surface area (Å²) in [5.41, 5.74) is 8.27. The molecule has 1 atom stereocenters. The fourth-order valence-electron chi connectivity index (χ4n) is 2.10. The molecule has 2 N–H and O–H groups in total.